The highest BCUT2D eigenvalue weighted by Gasteiger charge is 2.30. The second-order valence-electron chi connectivity index (χ2n) is 5.44. The first-order chi connectivity index (χ1) is 9.71. The lowest BCUT2D eigenvalue weighted by atomic mass is 10.1. The Bertz CT molecular complexity index is 653. The molecule has 0 spiro atoms. The number of benzene rings is 1. The SMILES string of the molecule is CC1Cc2cc(S(=O)(=O)N(CC(=O)O)C(C)C)ccc2O1. The van der Waals surface area contributed by atoms with E-state index >= 15 is 0 Å². The lowest BCUT2D eigenvalue weighted by Crippen LogP contribution is -2.40. The molecule has 0 amide bonds. The molecule has 1 unspecified atom stereocenters. The molecular formula is C14H19NO5S. The monoisotopic (exact) mass is 313 g/mol. The highest BCUT2D eigenvalue weighted by atomic mass is 32.2. The van der Waals surface area contributed by atoms with E-state index in [-0.39, 0.29) is 11.0 Å². The van der Waals surface area contributed by atoms with E-state index in [9.17, 15) is 13.2 Å². The lowest BCUT2D eigenvalue weighted by molar-refractivity contribution is -0.137. The molecule has 0 saturated carbocycles. The number of fused-ring (bicyclic) bond motifs is 1. The van der Waals surface area contributed by atoms with Crippen molar-refractivity contribution in [2.45, 2.75) is 44.2 Å². The van der Waals surface area contributed by atoms with Gasteiger partial charge in [-0.05, 0) is 44.5 Å². The molecule has 6 nitrogen and oxygen atoms in total. The molecule has 1 N–H and O–H groups in total. The van der Waals surface area contributed by atoms with Crippen LogP contribution in [0.4, 0.5) is 0 Å². The minimum Gasteiger partial charge on any atom is -0.490 e. The highest BCUT2D eigenvalue weighted by Crippen LogP contribution is 2.31. The summed E-state index contributed by atoms with van der Waals surface area (Å²) in [7, 11) is -3.84. The first-order valence-electron chi connectivity index (χ1n) is 6.75. The molecule has 0 radical (unpaired) electrons. The van der Waals surface area contributed by atoms with Gasteiger partial charge in [0.05, 0.1) is 4.90 Å². The third-order valence-electron chi connectivity index (χ3n) is 3.34. The van der Waals surface area contributed by atoms with Crippen molar-refractivity contribution in [3.05, 3.63) is 23.8 Å². The molecule has 21 heavy (non-hydrogen) atoms. The Labute approximate surface area is 124 Å². The Morgan fingerprint density at radius 2 is 2.14 bits per heavy atom. The largest absolute Gasteiger partial charge is 0.490 e. The van der Waals surface area contributed by atoms with E-state index in [1.165, 1.54) is 6.07 Å². The van der Waals surface area contributed by atoms with Gasteiger partial charge in [0.2, 0.25) is 10.0 Å². The van der Waals surface area contributed by atoms with E-state index in [1.54, 1.807) is 26.0 Å². The Morgan fingerprint density at radius 1 is 1.48 bits per heavy atom. The van der Waals surface area contributed by atoms with E-state index < -0.39 is 28.6 Å². The number of ether oxygens (including phenoxy) is 1. The molecule has 2 rings (SSSR count). The van der Waals surface area contributed by atoms with Crippen LogP contribution < -0.4 is 4.74 Å². The maximum atomic E-state index is 12.6. The molecule has 0 fully saturated rings. The van der Waals surface area contributed by atoms with E-state index in [0.717, 1.165) is 9.87 Å². The molecule has 1 atom stereocenters. The van der Waals surface area contributed by atoms with Crippen LogP contribution in [0.3, 0.4) is 0 Å². The summed E-state index contributed by atoms with van der Waals surface area (Å²) in [5.41, 5.74) is 0.836. The number of hydrogen-bond donors (Lipinski definition) is 1. The average molecular weight is 313 g/mol. The minimum atomic E-state index is -3.84. The summed E-state index contributed by atoms with van der Waals surface area (Å²) >= 11 is 0. The Balaban J connectivity index is 2.39. The van der Waals surface area contributed by atoms with Crippen LogP contribution in [-0.4, -0.2) is 42.5 Å². The summed E-state index contributed by atoms with van der Waals surface area (Å²) in [5, 5.41) is 8.91. The third kappa shape index (κ3) is 3.19. The predicted molar refractivity (Wildman–Crippen MR) is 76.9 cm³/mol. The van der Waals surface area contributed by atoms with Crippen molar-refractivity contribution in [1.82, 2.24) is 4.31 Å². The van der Waals surface area contributed by atoms with Crippen molar-refractivity contribution >= 4 is 16.0 Å². The van der Waals surface area contributed by atoms with Gasteiger partial charge in [0.15, 0.2) is 0 Å². The summed E-state index contributed by atoms with van der Waals surface area (Å²) in [6, 6.07) is 4.23. The second-order valence-corrected chi connectivity index (χ2v) is 7.33. The van der Waals surface area contributed by atoms with E-state index in [0.29, 0.717) is 12.2 Å². The smallest absolute Gasteiger partial charge is 0.318 e. The Kier molecular flexibility index (Phi) is 4.25. The standard InChI is InChI=1S/C14H19NO5S/c1-9(2)15(8-14(16)17)21(18,19)12-4-5-13-11(7-12)6-10(3)20-13/h4-5,7,9-10H,6,8H2,1-3H3,(H,16,17). The van der Waals surface area contributed by atoms with Gasteiger partial charge in [0.25, 0.3) is 0 Å². The number of aliphatic carboxylic acids is 1. The lowest BCUT2D eigenvalue weighted by Gasteiger charge is -2.24. The molecule has 0 aliphatic carbocycles. The van der Waals surface area contributed by atoms with Crippen LogP contribution in [-0.2, 0) is 21.2 Å². The molecule has 7 heteroatoms. The van der Waals surface area contributed by atoms with Crippen molar-refractivity contribution in [1.29, 1.82) is 0 Å². The second kappa shape index (κ2) is 5.65. The molecule has 1 aliphatic rings. The van der Waals surface area contributed by atoms with Crippen LogP contribution in [0, 0.1) is 0 Å². The van der Waals surface area contributed by atoms with Gasteiger partial charge in [-0.2, -0.15) is 4.31 Å². The van der Waals surface area contributed by atoms with Gasteiger partial charge in [-0.15, -0.1) is 0 Å². The summed E-state index contributed by atoms with van der Waals surface area (Å²) in [4.78, 5) is 11.0. The van der Waals surface area contributed by atoms with Crippen molar-refractivity contribution in [2.75, 3.05) is 6.54 Å². The maximum absolute atomic E-state index is 12.6. The van der Waals surface area contributed by atoms with Crippen molar-refractivity contribution in [3.63, 3.8) is 0 Å². The first kappa shape index (κ1) is 15.8. The fourth-order valence-corrected chi connectivity index (χ4v) is 4.01. The van der Waals surface area contributed by atoms with Gasteiger partial charge < -0.3 is 9.84 Å². The van der Waals surface area contributed by atoms with Gasteiger partial charge in [0, 0.05) is 12.5 Å². The number of carboxylic acid groups (broad SMARTS) is 1. The molecule has 1 aromatic carbocycles. The van der Waals surface area contributed by atoms with Gasteiger partial charge in [-0.1, -0.05) is 0 Å². The van der Waals surface area contributed by atoms with Crippen LogP contribution in [0.1, 0.15) is 26.3 Å². The normalized spacial score (nSPS) is 17.9. The van der Waals surface area contributed by atoms with E-state index in [4.69, 9.17) is 9.84 Å². The van der Waals surface area contributed by atoms with Gasteiger partial charge in [0.1, 0.15) is 18.4 Å². The van der Waals surface area contributed by atoms with Crippen LogP contribution >= 0.6 is 0 Å². The van der Waals surface area contributed by atoms with Crippen molar-refractivity contribution in [3.8, 4) is 5.75 Å². The van der Waals surface area contributed by atoms with Crippen molar-refractivity contribution < 1.29 is 23.1 Å². The van der Waals surface area contributed by atoms with Gasteiger partial charge in [-0.25, -0.2) is 8.42 Å². The maximum Gasteiger partial charge on any atom is 0.318 e. The summed E-state index contributed by atoms with van der Waals surface area (Å²) < 4.78 is 31.8. The third-order valence-corrected chi connectivity index (χ3v) is 5.36. The number of rotatable bonds is 5. The molecular weight excluding hydrogens is 294 g/mol. The average Bonchev–Trinajstić information content (AvgIpc) is 2.74. The molecule has 116 valence electrons. The Morgan fingerprint density at radius 3 is 2.71 bits per heavy atom. The van der Waals surface area contributed by atoms with Crippen LogP contribution in [0.5, 0.6) is 5.75 Å². The molecule has 1 aromatic rings. The number of sulfonamides is 1. The zero-order valence-electron chi connectivity index (χ0n) is 12.2. The number of carbonyl (C=O) groups is 1. The number of carboxylic acids is 1. The summed E-state index contributed by atoms with van der Waals surface area (Å²) in [5.74, 6) is -0.485. The van der Waals surface area contributed by atoms with Gasteiger partial charge >= 0.3 is 5.97 Å². The van der Waals surface area contributed by atoms with E-state index in [2.05, 4.69) is 0 Å². The summed E-state index contributed by atoms with van der Waals surface area (Å²) in [6.07, 6.45) is 0.678. The molecule has 1 heterocycles. The predicted octanol–water partition coefficient (Wildman–Crippen LogP) is 1.49. The highest BCUT2D eigenvalue weighted by molar-refractivity contribution is 7.89. The van der Waals surface area contributed by atoms with Crippen molar-refractivity contribution in [2.24, 2.45) is 0 Å². The molecule has 1 aliphatic heterocycles. The number of nitrogens with zero attached hydrogens (tertiary/aromatic N) is 1. The first-order valence-corrected chi connectivity index (χ1v) is 8.19. The van der Waals surface area contributed by atoms with Gasteiger partial charge in [-0.3, -0.25) is 4.79 Å². The van der Waals surface area contributed by atoms with Crippen LogP contribution in [0.25, 0.3) is 0 Å². The fraction of sp³-hybridized carbons (Fsp3) is 0.500. The topological polar surface area (TPSA) is 83.9 Å². The zero-order chi connectivity index (χ0) is 15.8. The number of hydrogen-bond acceptors (Lipinski definition) is 4. The zero-order valence-corrected chi connectivity index (χ0v) is 13.1. The molecule has 0 aromatic heterocycles. The molecule has 0 bridgehead atoms. The molecule has 0 saturated heterocycles. The minimum absolute atomic E-state index is 0.0261. The Hall–Kier alpha value is -1.60. The summed E-state index contributed by atoms with van der Waals surface area (Å²) in [6.45, 7) is 4.67. The van der Waals surface area contributed by atoms with Crippen LogP contribution in [0.15, 0.2) is 23.1 Å². The van der Waals surface area contributed by atoms with Crippen LogP contribution in [0.2, 0.25) is 0 Å². The fourth-order valence-electron chi connectivity index (χ4n) is 2.37. The quantitative estimate of drug-likeness (QED) is 0.890. The van der Waals surface area contributed by atoms with E-state index in [1.807, 2.05) is 6.92 Å².